The minimum atomic E-state index is -4.48. The summed E-state index contributed by atoms with van der Waals surface area (Å²) in [5, 5.41) is 10.2. The van der Waals surface area contributed by atoms with Crippen LogP contribution in [0, 0.1) is 11.5 Å². The average molecular weight is 584 g/mol. The van der Waals surface area contributed by atoms with Crippen molar-refractivity contribution < 1.29 is 22.6 Å². The predicted molar refractivity (Wildman–Crippen MR) is 151 cm³/mol. The maximum atomic E-state index is 13.6. The van der Waals surface area contributed by atoms with E-state index in [1.54, 1.807) is 42.5 Å². The lowest BCUT2D eigenvalue weighted by atomic mass is 10.0. The Morgan fingerprint density at radius 1 is 1.02 bits per heavy atom. The van der Waals surface area contributed by atoms with Crippen molar-refractivity contribution in [2.45, 2.75) is 25.2 Å². The predicted octanol–water partition coefficient (Wildman–Crippen LogP) is 6.57. The Balaban J connectivity index is 1.45. The summed E-state index contributed by atoms with van der Waals surface area (Å²) in [6.45, 7) is 5.87. The zero-order valence-electron chi connectivity index (χ0n) is 22.4. The summed E-state index contributed by atoms with van der Waals surface area (Å²) in [5.41, 5.74) is 0.433. The fourth-order valence-electron chi connectivity index (χ4n) is 5.17. The highest BCUT2D eigenvalue weighted by molar-refractivity contribution is 6.30. The third-order valence-electron chi connectivity index (χ3n) is 7.13. The van der Waals surface area contributed by atoms with Crippen LogP contribution in [0.4, 0.5) is 18.9 Å². The van der Waals surface area contributed by atoms with Crippen LogP contribution in [0.1, 0.15) is 24.1 Å². The lowest BCUT2D eigenvalue weighted by Gasteiger charge is -2.32. The number of rotatable bonds is 7. The summed E-state index contributed by atoms with van der Waals surface area (Å²) < 4.78 is 52.4. The van der Waals surface area contributed by atoms with Gasteiger partial charge >= 0.3 is 6.18 Å². The van der Waals surface area contributed by atoms with Crippen LogP contribution < -0.4 is 9.64 Å². The maximum absolute atomic E-state index is 13.6. The van der Waals surface area contributed by atoms with Crippen molar-refractivity contribution in [3.05, 3.63) is 88.9 Å². The van der Waals surface area contributed by atoms with Crippen molar-refractivity contribution in [2.24, 2.45) is 4.99 Å². The topological polar surface area (TPSA) is 64.3 Å². The quantitative estimate of drug-likeness (QED) is 0.293. The minimum absolute atomic E-state index is 0.123. The number of aliphatic imine (C=N–C) groups is 1. The van der Waals surface area contributed by atoms with Gasteiger partial charge in [-0.25, -0.2) is 0 Å². The molecule has 1 unspecified atom stereocenters. The number of hydrogen-bond donors (Lipinski definition) is 0. The van der Waals surface area contributed by atoms with E-state index < -0.39 is 17.8 Å². The molecule has 0 amide bonds. The monoisotopic (exact) mass is 583 g/mol. The van der Waals surface area contributed by atoms with Gasteiger partial charge in [-0.3, -0.25) is 4.90 Å². The van der Waals surface area contributed by atoms with Gasteiger partial charge in [0.25, 0.3) is 0 Å². The van der Waals surface area contributed by atoms with Crippen molar-refractivity contribution >= 4 is 23.2 Å². The van der Waals surface area contributed by atoms with Crippen LogP contribution in [0.2, 0.25) is 5.02 Å². The van der Waals surface area contributed by atoms with Crippen LogP contribution in [0.25, 0.3) is 0 Å². The standard InChI is InChI=1S/C30H29ClF3N5O2/c1-21-18-37(15-16-40-21)13-14-38-19-28(22-3-2-4-23(17-22)30(32,33)34)39(29(38)36-20-35)25-7-11-27(12-8-25)41-26-9-5-24(31)6-10-26/h2-12,17,21,28H,13-16,18-19H2,1H3/t21-,28?/m0/s1. The summed E-state index contributed by atoms with van der Waals surface area (Å²) >= 11 is 5.96. The molecule has 2 heterocycles. The Morgan fingerprint density at radius 2 is 1.73 bits per heavy atom. The molecule has 0 bridgehead atoms. The van der Waals surface area contributed by atoms with Crippen LogP contribution in [0.5, 0.6) is 11.5 Å². The second-order valence-electron chi connectivity index (χ2n) is 10.00. The first-order valence-corrected chi connectivity index (χ1v) is 13.6. The molecule has 0 aromatic heterocycles. The molecule has 41 heavy (non-hydrogen) atoms. The van der Waals surface area contributed by atoms with Gasteiger partial charge in [0.2, 0.25) is 12.2 Å². The first-order valence-electron chi connectivity index (χ1n) is 13.3. The highest BCUT2D eigenvalue weighted by Crippen LogP contribution is 2.38. The number of halogens is 4. The molecule has 2 fully saturated rings. The molecular weight excluding hydrogens is 555 g/mol. The molecule has 2 saturated heterocycles. The molecule has 0 N–H and O–H groups in total. The summed E-state index contributed by atoms with van der Waals surface area (Å²) in [6, 6.07) is 19.0. The molecule has 2 aliphatic heterocycles. The molecule has 11 heteroatoms. The van der Waals surface area contributed by atoms with Crippen LogP contribution in [-0.4, -0.2) is 61.2 Å². The molecule has 3 aromatic rings. The number of morpholine rings is 1. The molecule has 3 aromatic carbocycles. The van der Waals surface area contributed by atoms with Gasteiger partial charge in [-0.15, -0.1) is 4.99 Å². The molecule has 2 aliphatic rings. The zero-order chi connectivity index (χ0) is 29.0. The molecule has 0 saturated carbocycles. The van der Waals surface area contributed by atoms with E-state index in [4.69, 9.17) is 21.1 Å². The first kappa shape index (κ1) is 28.7. The number of ether oxygens (including phenoxy) is 2. The van der Waals surface area contributed by atoms with Crippen LogP contribution in [0.15, 0.2) is 77.8 Å². The van der Waals surface area contributed by atoms with E-state index in [2.05, 4.69) is 9.89 Å². The first-order chi connectivity index (χ1) is 19.7. The van der Waals surface area contributed by atoms with Gasteiger partial charge in [0, 0.05) is 43.4 Å². The number of alkyl halides is 3. The third kappa shape index (κ3) is 6.93. The molecule has 0 radical (unpaired) electrons. The smallest absolute Gasteiger partial charge is 0.416 e. The van der Waals surface area contributed by atoms with Crippen LogP contribution >= 0.6 is 11.6 Å². The van der Waals surface area contributed by atoms with Crippen molar-refractivity contribution in [3.8, 4) is 17.7 Å². The van der Waals surface area contributed by atoms with Crippen molar-refractivity contribution in [2.75, 3.05) is 44.2 Å². The van der Waals surface area contributed by atoms with Gasteiger partial charge in [0.05, 0.1) is 24.3 Å². The van der Waals surface area contributed by atoms with Gasteiger partial charge in [-0.05, 0) is 73.2 Å². The molecule has 214 valence electrons. The minimum Gasteiger partial charge on any atom is -0.457 e. The lowest BCUT2D eigenvalue weighted by molar-refractivity contribution is -0.137. The summed E-state index contributed by atoms with van der Waals surface area (Å²) in [7, 11) is 0. The number of nitrogens with zero attached hydrogens (tertiary/aromatic N) is 5. The summed E-state index contributed by atoms with van der Waals surface area (Å²) in [6.07, 6.45) is -2.46. The highest BCUT2D eigenvalue weighted by atomic mass is 35.5. The summed E-state index contributed by atoms with van der Waals surface area (Å²) in [5.74, 6) is 1.58. The SMILES string of the molecule is C[C@H]1CN(CCN2CC(c3cccc(C(F)(F)F)c3)N(c3ccc(Oc4ccc(Cl)cc4)cc3)C2=NC#N)CCO1. The fraction of sp³-hybridized carbons (Fsp3) is 0.333. The number of hydrogen-bond acceptors (Lipinski definition) is 5. The number of anilines is 1. The third-order valence-corrected chi connectivity index (χ3v) is 7.38. The second kappa shape index (κ2) is 12.4. The highest BCUT2D eigenvalue weighted by Gasteiger charge is 2.39. The van der Waals surface area contributed by atoms with Gasteiger partial charge in [-0.1, -0.05) is 23.7 Å². The van der Waals surface area contributed by atoms with Crippen molar-refractivity contribution in [1.82, 2.24) is 9.80 Å². The van der Waals surface area contributed by atoms with Crippen molar-refractivity contribution in [3.63, 3.8) is 0 Å². The van der Waals surface area contributed by atoms with E-state index in [1.807, 2.05) is 35.0 Å². The lowest BCUT2D eigenvalue weighted by Crippen LogP contribution is -2.45. The van der Waals surface area contributed by atoms with Gasteiger partial charge in [-0.2, -0.15) is 18.4 Å². The van der Waals surface area contributed by atoms with Gasteiger partial charge < -0.3 is 19.3 Å². The molecule has 0 aliphatic carbocycles. The average Bonchev–Trinajstić information content (AvgIpc) is 3.31. The van der Waals surface area contributed by atoms with Gasteiger partial charge in [0.15, 0.2) is 0 Å². The Kier molecular flexibility index (Phi) is 8.68. The fourth-order valence-corrected chi connectivity index (χ4v) is 5.29. The van der Waals surface area contributed by atoms with E-state index >= 15 is 0 Å². The Morgan fingerprint density at radius 3 is 2.39 bits per heavy atom. The molecule has 5 rings (SSSR count). The second-order valence-corrected chi connectivity index (χ2v) is 10.4. The Bertz CT molecular complexity index is 1410. The van der Waals surface area contributed by atoms with Crippen molar-refractivity contribution in [1.29, 1.82) is 5.26 Å². The Labute approximate surface area is 242 Å². The van der Waals surface area contributed by atoms with Crippen LogP contribution in [-0.2, 0) is 10.9 Å². The number of benzene rings is 3. The largest absolute Gasteiger partial charge is 0.457 e. The molecule has 7 nitrogen and oxygen atoms in total. The number of nitriles is 1. The van der Waals surface area contributed by atoms with E-state index in [-0.39, 0.29) is 6.10 Å². The van der Waals surface area contributed by atoms with E-state index in [9.17, 15) is 18.4 Å². The van der Waals surface area contributed by atoms with E-state index in [1.165, 1.54) is 12.1 Å². The van der Waals surface area contributed by atoms with E-state index in [0.29, 0.717) is 60.0 Å². The molecular formula is C30H29ClF3N5O2. The zero-order valence-corrected chi connectivity index (χ0v) is 23.1. The molecule has 2 atom stereocenters. The maximum Gasteiger partial charge on any atom is 0.416 e. The number of guanidine groups is 1. The van der Waals surface area contributed by atoms with E-state index in [0.717, 1.165) is 19.2 Å². The Hall–Kier alpha value is -3.78. The molecule has 0 spiro atoms. The summed E-state index contributed by atoms with van der Waals surface area (Å²) in [4.78, 5) is 10.2. The normalized spacial score (nSPS) is 20.8. The van der Waals surface area contributed by atoms with Crippen LogP contribution in [0.3, 0.4) is 0 Å². The van der Waals surface area contributed by atoms with Gasteiger partial charge in [0.1, 0.15) is 11.5 Å².